The van der Waals surface area contributed by atoms with Crippen LogP contribution in [0.15, 0.2) is 47.4 Å². The van der Waals surface area contributed by atoms with Gasteiger partial charge < -0.3 is 9.84 Å². The Kier molecular flexibility index (Phi) is 8.80. The molecule has 2 aromatic carbocycles. The first-order chi connectivity index (χ1) is 13.4. The van der Waals surface area contributed by atoms with Gasteiger partial charge in [-0.2, -0.15) is 8.42 Å². The molecule has 0 saturated heterocycles. The van der Waals surface area contributed by atoms with E-state index in [0.29, 0.717) is 17.9 Å². The van der Waals surface area contributed by atoms with Crippen LogP contribution >= 0.6 is 0 Å². The second kappa shape index (κ2) is 11.1. The maximum absolute atomic E-state index is 11.5. The molecule has 6 heteroatoms. The molecule has 28 heavy (non-hydrogen) atoms. The minimum absolute atomic E-state index is 0.0941. The van der Waals surface area contributed by atoms with Crippen LogP contribution in [-0.4, -0.2) is 18.1 Å². The monoisotopic (exact) mass is 406 g/mol. The van der Waals surface area contributed by atoms with Crippen molar-refractivity contribution in [1.82, 2.24) is 0 Å². The number of ether oxygens (including phenoxy) is 1. The maximum Gasteiger partial charge on any atom is 0.294 e. The zero-order chi connectivity index (χ0) is 20.4. The molecule has 2 N–H and O–H groups in total. The van der Waals surface area contributed by atoms with Crippen LogP contribution < -0.4 is 4.74 Å². The van der Waals surface area contributed by atoms with Crippen molar-refractivity contribution in [3.63, 3.8) is 0 Å². The van der Waals surface area contributed by atoms with Crippen molar-refractivity contribution in [2.24, 2.45) is 0 Å². The Morgan fingerprint density at radius 2 is 1.57 bits per heavy atom. The first-order valence-electron chi connectivity index (χ1n) is 9.97. The van der Waals surface area contributed by atoms with Gasteiger partial charge in [-0.05, 0) is 48.7 Å². The van der Waals surface area contributed by atoms with Gasteiger partial charge in [0.2, 0.25) is 0 Å². The van der Waals surface area contributed by atoms with Gasteiger partial charge in [0.15, 0.2) is 0 Å². The van der Waals surface area contributed by atoms with E-state index >= 15 is 0 Å². The summed E-state index contributed by atoms with van der Waals surface area (Å²) in [6.07, 6.45) is 10.1. The molecule has 0 bridgehead atoms. The third kappa shape index (κ3) is 7.52. The molecule has 154 valence electrons. The zero-order valence-electron chi connectivity index (χ0n) is 16.4. The number of aryl methyl sites for hydroxylation is 1. The standard InChI is InChI=1S/C22H30O5S/c1-2-3-4-5-6-7-8-9-11-18-16-21(28(24,25)26)14-15-22(18)27-20-13-10-12-19(23)17-20/h10,12-17,23H,2-9,11H2,1H3,(H,24,25,26). The second-order valence-corrected chi connectivity index (χ2v) is 8.49. The highest BCUT2D eigenvalue weighted by atomic mass is 32.2. The fraction of sp³-hybridized carbons (Fsp3) is 0.455. The van der Waals surface area contributed by atoms with E-state index in [1.165, 1.54) is 50.3 Å². The fourth-order valence-corrected chi connectivity index (χ4v) is 3.67. The first-order valence-corrected chi connectivity index (χ1v) is 11.4. The van der Waals surface area contributed by atoms with Crippen LogP contribution in [0.3, 0.4) is 0 Å². The predicted octanol–water partition coefficient (Wildman–Crippen LogP) is 6.11. The summed E-state index contributed by atoms with van der Waals surface area (Å²) < 4.78 is 38.2. The molecule has 0 aliphatic carbocycles. The van der Waals surface area contributed by atoms with Gasteiger partial charge in [0, 0.05) is 6.07 Å². The summed E-state index contributed by atoms with van der Waals surface area (Å²) in [7, 11) is -4.27. The average molecular weight is 407 g/mol. The van der Waals surface area contributed by atoms with Crippen LogP contribution in [0.2, 0.25) is 0 Å². The molecule has 0 radical (unpaired) electrons. The van der Waals surface area contributed by atoms with E-state index < -0.39 is 10.1 Å². The van der Waals surface area contributed by atoms with Gasteiger partial charge in [0.1, 0.15) is 17.2 Å². The molecule has 0 aliphatic rings. The van der Waals surface area contributed by atoms with Crippen molar-refractivity contribution < 1.29 is 22.8 Å². The zero-order valence-corrected chi connectivity index (χ0v) is 17.2. The van der Waals surface area contributed by atoms with Crippen molar-refractivity contribution in [3.8, 4) is 17.2 Å². The Bertz CT molecular complexity index is 846. The lowest BCUT2D eigenvalue weighted by Crippen LogP contribution is -2.01. The van der Waals surface area contributed by atoms with E-state index in [2.05, 4.69) is 6.92 Å². The van der Waals surface area contributed by atoms with Crippen LogP contribution in [0.1, 0.15) is 63.9 Å². The summed E-state index contributed by atoms with van der Waals surface area (Å²) in [5.41, 5.74) is 0.726. The van der Waals surface area contributed by atoms with Crippen LogP contribution in [-0.2, 0) is 16.5 Å². The second-order valence-electron chi connectivity index (χ2n) is 7.07. The van der Waals surface area contributed by atoms with E-state index in [4.69, 9.17) is 4.74 Å². The summed E-state index contributed by atoms with van der Waals surface area (Å²) in [4.78, 5) is -0.134. The highest BCUT2D eigenvalue weighted by Crippen LogP contribution is 2.30. The summed E-state index contributed by atoms with van der Waals surface area (Å²) in [5, 5.41) is 9.60. The molecule has 2 aromatic rings. The summed E-state index contributed by atoms with van der Waals surface area (Å²) in [6, 6.07) is 10.8. The molecular weight excluding hydrogens is 376 g/mol. The van der Waals surface area contributed by atoms with E-state index in [1.807, 2.05) is 0 Å². The lowest BCUT2D eigenvalue weighted by atomic mass is 10.0. The molecular formula is C22H30O5S. The van der Waals surface area contributed by atoms with Gasteiger partial charge in [-0.1, -0.05) is 57.9 Å². The minimum Gasteiger partial charge on any atom is -0.508 e. The molecule has 2 rings (SSSR count). The number of rotatable bonds is 12. The van der Waals surface area contributed by atoms with E-state index in [0.717, 1.165) is 24.8 Å². The van der Waals surface area contributed by atoms with E-state index in [1.54, 1.807) is 24.3 Å². The number of aromatic hydroxyl groups is 1. The number of benzene rings is 2. The summed E-state index contributed by atoms with van der Waals surface area (Å²) in [6.45, 7) is 2.21. The van der Waals surface area contributed by atoms with Gasteiger partial charge >= 0.3 is 0 Å². The number of hydrogen-bond acceptors (Lipinski definition) is 4. The van der Waals surface area contributed by atoms with Gasteiger partial charge in [-0.25, -0.2) is 0 Å². The molecule has 5 nitrogen and oxygen atoms in total. The van der Waals surface area contributed by atoms with Crippen molar-refractivity contribution in [3.05, 3.63) is 48.0 Å². The SMILES string of the molecule is CCCCCCCCCCc1cc(S(=O)(=O)O)ccc1Oc1cccc(O)c1. The number of phenolic OH excluding ortho intramolecular Hbond substituents is 1. The Morgan fingerprint density at radius 3 is 2.21 bits per heavy atom. The van der Waals surface area contributed by atoms with Crippen LogP contribution in [0, 0.1) is 0 Å². The topological polar surface area (TPSA) is 83.8 Å². The predicted molar refractivity (Wildman–Crippen MR) is 111 cm³/mol. The average Bonchev–Trinajstić information content (AvgIpc) is 2.64. The number of unbranched alkanes of at least 4 members (excludes halogenated alkanes) is 7. The lowest BCUT2D eigenvalue weighted by molar-refractivity contribution is 0.451. The normalized spacial score (nSPS) is 11.5. The van der Waals surface area contributed by atoms with Crippen molar-refractivity contribution in [2.75, 3.05) is 0 Å². The summed E-state index contributed by atoms with van der Waals surface area (Å²) in [5.74, 6) is 1.09. The Morgan fingerprint density at radius 1 is 0.893 bits per heavy atom. The lowest BCUT2D eigenvalue weighted by Gasteiger charge is -2.13. The largest absolute Gasteiger partial charge is 0.508 e. The molecule has 0 aliphatic heterocycles. The molecule has 0 heterocycles. The van der Waals surface area contributed by atoms with Gasteiger partial charge in [-0.15, -0.1) is 0 Å². The highest BCUT2D eigenvalue weighted by Gasteiger charge is 2.14. The third-order valence-corrected chi connectivity index (χ3v) is 5.52. The van der Waals surface area contributed by atoms with Crippen LogP contribution in [0.4, 0.5) is 0 Å². The minimum atomic E-state index is -4.27. The molecule has 0 atom stereocenters. The van der Waals surface area contributed by atoms with Gasteiger partial charge in [0.05, 0.1) is 4.90 Å². The van der Waals surface area contributed by atoms with Crippen LogP contribution in [0.5, 0.6) is 17.2 Å². The highest BCUT2D eigenvalue weighted by molar-refractivity contribution is 7.85. The molecule has 0 amide bonds. The third-order valence-electron chi connectivity index (χ3n) is 4.67. The quantitative estimate of drug-likeness (QED) is 0.328. The van der Waals surface area contributed by atoms with Crippen LogP contribution in [0.25, 0.3) is 0 Å². The number of phenols is 1. The van der Waals surface area contributed by atoms with E-state index in [9.17, 15) is 18.1 Å². The Balaban J connectivity index is 2.02. The van der Waals surface area contributed by atoms with Gasteiger partial charge in [-0.3, -0.25) is 4.55 Å². The number of hydrogen-bond donors (Lipinski definition) is 2. The first kappa shape index (κ1) is 22.2. The van der Waals surface area contributed by atoms with Crippen molar-refractivity contribution in [1.29, 1.82) is 0 Å². The summed E-state index contributed by atoms with van der Waals surface area (Å²) >= 11 is 0. The van der Waals surface area contributed by atoms with Crippen molar-refractivity contribution >= 4 is 10.1 Å². The smallest absolute Gasteiger partial charge is 0.294 e. The molecule has 0 saturated carbocycles. The Hall–Kier alpha value is -2.05. The van der Waals surface area contributed by atoms with Crippen molar-refractivity contribution in [2.45, 2.75) is 69.6 Å². The fourth-order valence-electron chi connectivity index (χ4n) is 3.13. The molecule has 0 spiro atoms. The maximum atomic E-state index is 11.5. The van der Waals surface area contributed by atoms with E-state index in [-0.39, 0.29) is 10.6 Å². The van der Waals surface area contributed by atoms with Gasteiger partial charge in [0.25, 0.3) is 10.1 Å². The molecule has 0 unspecified atom stereocenters. The Labute approximate surface area is 168 Å². The molecule has 0 fully saturated rings. The molecule has 0 aromatic heterocycles.